The highest BCUT2D eigenvalue weighted by molar-refractivity contribution is 7.14. The van der Waals surface area contributed by atoms with Crippen LogP contribution in [0.4, 0.5) is 0 Å². The molecule has 176 valence electrons. The van der Waals surface area contributed by atoms with Crippen molar-refractivity contribution in [3.8, 4) is 5.75 Å². The molecule has 0 aliphatic rings. The Balaban J connectivity index is 1.63. The van der Waals surface area contributed by atoms with E-state index in [2.05, 4.69) is 0 Å². The lowest BCUT2D eigenvalue weighted by Crippen LogP contribution is -2.48. The molecule has 3 rings (SSSR count). The molecular formula is C26H32N2O4S. The maximum absolute atomic E-state index is 11.4. The molecule has 1 aromatic heterocycles. The maximum atomic E-state index is 11.4. The first kappa shape index (κ1) is 24.9. The number of thiophene rings is 1. The molecule has 2 aromatic carbocycles. The Morgan fingerprint density at radius 2 is 1.70 bits per heavy atom. The smallest absolute Gasteiger partial charge is 0.258 e. The van der Waals surface area contributed by atoms with Crippen LogP contribution in [0.2, 0.25) is 0 Å². The van der Waals surface area contributed by atoms with E-state index in [0.717, 1.165) is 23.3 Å². The molecule has 0 aliphatic heterocycles. The predicted molar refractivity (Wildman–Crippen MR) is 131 cm³/mol. The predicted octanol–water partition coefficient (Wildman–Crippen LogP) is 3.47. The number of nitrogens with zero attached hydrogens (tertiary/aromatic N) is 1. The number of hydrogen-bond donors (Lipinski definition) is 3. The fourth-order valence-electron chi connectivity index (χ4n) is 3.70. The summed E-state index contributed by atoms with van der Waals surface area (Å²) < 4.78 is 5.70. The number of carbonyl (C=O) groups excluding carboxylic acids is 1. The molecule has 1 heterocycles. The average Bonchev–Trinajstić information content (AvgIpc) is 3.30. The first-order valence-corrected chi connectivity index (χ1v) is 12.0. The number of ether oxygens (including phenoxy) is 1. The Hall–Kier alpha value is -2.71. The van der Waals surface area contributed by atoms with Crippen molar-refractivity contribution in [3.63, 3.8) is 0 Å². The molecule has 0 spiro atoms. The van der Waals surface area contributed by atoms with Gasteiger partial charge in [0, 0.05) is 23.9 Å². The van der Waals surface area contributed by atoms with Gasteiger partial charge >= 0.3 is 0 Å². The number of nitrogens with two attached hydrogens (primary N) is 1. The van der Waals surface area contributed by atoms with Crippen LogP contribution in [0.1, 0.15) is 33.5 Å². The van der Waals surface area contributed by atoms with Gasteiger partial charge in [0.1, 0.15) is 24.7 Å². The van der Waals surface area contributed by atoms with Crippen molar-refractivity contribution in [1.82, 2.24) is 4.90 Å². The molecule has 0 bridgehead atoms. The van der Waals surface area contributed by atoms with E-state index in [1.54, 1.807) is 6.07 Å². The number of primary amides is 1. The Morgan fingerprint density at radius 3 is 2.33 bits per heavy atom. The Bertz CT molecular complexity index is 980. The molecule has 33 heavy (non-hydrogen) atoms. The fourth-order valence-corrected chi connectivity index (χ4v) is 4.58. The molecule has 4 N–H and O–H groups in total. The molecule has 0 unspecified atom stereocenters. The molecule has 0 fully saturated rings. The second kappa shape index (κ2) is 12.5. The monoisotopic (exact) mass is 468 g/mol. The van der Waals surface area contributed by atoms with Crippen LogP contribution in [0.5, 0.6) is 5.75 Å². The maximum Gasteiger partial charge on any atom is 0.258 e. The summed E-state index contributed by atoms with van der Waals surface area (Å²) in [5.74, 6) is 0.282. The minimum atomic E-state index is -0.763. The van der Waals surface area contributed by atoms with Gasteiger partial charge in [0.15, 0.2) is 0 Å². The Labute approximate surface area is 199 Å². The van der Waals surface area contributed by atoms with Crippen LogP contribution in [0.25, 0.3) is 0 Å². The van der Waals surface area contributed by atoms with Gasteiger partial charge in [-0.25, -0.2) is 0 Å². The highest BCUT2D eigenvalue weighted by atomic mass is 32.1. The number of benzene rings is 2. The number of amides is 1. The average molecular weight is 469 g/mol. The van der Waals surface area contributed by atoms with Gasteiger partial charge in [-0.1, -0.05) is 48.5 Å². The number of rotatable bonds is 13. The second-order valence-corrected chi connectivity index (χ2v) is 9.33. The minimum absolute atomic E-state index is 0.00536. The summed E-state index contributed by atoms with van der Waals surface area (Å²) in [6, 6.07) is 22.8. The molecule has 0 saturated carbocycles. The van der Waals surface area contributed by atoms with Gasteiger partial charge < -0.3 is 20.7 Å². The van der Waals surface area contributed by atoms with E-state index in [1.165, 1.54) is 11.3 Å². The summed E-state index contributed by atoms with van der Waals surface area (Å²) in [5, 5.41) is 21.7. The number of aliphatic hydroxyl groups excluding tert-OH is 2. The fraction of sp³-hybridized carbons (Fsp3) is 0.346. The van der Waals surface area contributed by atoms with Gasteiger partial charge in [-0.15, -0.1) is 11.3 Å². The second-order valence-electron chi connectivity index (χ2n) is 8.16. The van der Waals surface area contributed by atoms with Crippen LogP contribution in [-0.2, 0) is 12.8 Å². The normalized spacial score (nSPS) is 14.1. The van der Waals surface area contributed by atoms with E-state index < -0.39 is 18.2 Å². The lowest BCUT2D eigenvalue weighted by molar-refractivity contribution is -0.0521. The summed E-state index contributed by atoms with van der Waals surface area (Å²) in [5.41, 5.74) is 6.39. The van der Waals surface area contributed by atoms with Gasteiger partial charge in [0.05, 0.1) is 4.88 Å². The third-order valence-corrected chi connectivity index (χ3v) is 6.69. The number of aryl methyl sites for hydroxylation is 1. The van der Waals surface area contributed by atoms with Crippen LogP contribution in [0.3, 0.4) is 0 Å². The highest BCUT2D eigenvalue weighted by Crippen LogP contribution is 2.21. The topological polar surface area (TPSA) is 96.0 Å². The zero-order chi connectivity index (χ0) is 23.6. The molecule has 0 saturated heterocycles. The van der Waals surface area contributed by atoms with Gasteiger partial charge in [-0.05, 0) is 49.6 Å². The standard InChI is InChI=1S/C26H32N2O4S/c1-19(12-13-23-14-15-24(33-23)26(27)31)28(25(30)16-20-8-4-2-5-9-20)17-21(29)18-32-22-10-6-3-7-11-22/h2-11,14-15,19,21,25,29-30H,12-13,16-18H2,1H3,(H2,27,31)/t19-,21-,25+/m0/s1. The van der Waals surface area contributed by atoms with E-state index >= 15 is 0 Å². The summed E-state index contributed by atoms with van der Waals surface area (Å²) in [6.45, 7) is 2.46. The van der Waals surface area contributed by atoms with Crippen molar-refractivity contribution in [2.24, 2.45) is 5.73 Å². The van der Waals surface area contributed by atoms with Crippen LogP contribution < -0.4 is 10.5 Å². The number of aliphatic hydroxyl groups is 2. The van der Waals surface area contributed by atoms with Crippen molar-refractivity contribution in [1.29, 1.82) is 0 Å². The molecule has 7 heteroatoms. The number of hydrogen-bond acceptors (Lipinski definition) is 6. The SMILES string of the molecule is C[C@@H](CCc1ccc(C(N)=O)s1)N(C[C@H](O)COc1ccccc1)[C@H](O)Cc1ccccc1. The van der Waals surface area contributed by atoms with Crippen molar-refractivity contribution in [3.05, 3.63) is 88.1 Å². The molecule has 3 atom stereocenters. The van der Waals surface area contributed by atoms with Crippen molar-refractivity contribution >= 4 is 17.2 Å². The quantitative estimate of drug-likeness (QED) is 0.334. The summed E-state index contributed by atoms with van der Waals surface area (Å²) in [4.78, 5) is 14.9. The molecular weight excluding hydrogens is 436 g/mol. The van der Waals surface area contributed by atoms with Crippen molar-refractivity contribution < 1.29 is 19.7 Å². The van der Waals surface area contributed by atoms with E-state index in [-0.39, 0.29) is 19.2 Å². The van der Waals surface area contributed by atoms with Gasteiger partial charge in [0.25, 0.3) is 5.91 Å². The van der Waals surface area contributed by atoms with E-state index in [9.17, 15) is 15.0 Å². The van der Waals surface area contributed by atoms with Crippen molar-refractivity contribution in [2.75, 3.05) is 13.2 Å². The van der Waals surface area contributed by atoms with E-state index in [1.807, 2.05) is 78.6 Å². The van der Waals surface area contributed by atoms with E-state index in [4.69, 9.17) is 10.5 Å². The largest absolute Gasteiger partial charge is 0.491 e. The van der Waals surface area contributed by atoms with Crippen LogP contribution >= 0.6 is 11.3 Å². The molecule has 0 radical (unpaired) electrons. The molecule has 0 aliphatic carbocycles. The number of para-hydroxylation sites is 1. The van der Waals surface area contributed by atoms with Crippen LogP contribution in [-0.4, -0.2) is 52.5 Å². The molecule has 3 aromatic rings. The summed E-state index contributed by atoms with van der Waals surface area (Å²) in [6.07, 6.45) is 0.461. The third kappa shape index (κ3) is 7.98. The van der Waals surface area contributed by atoms with Crippen LogP contribution in [0.15, 0.2) is 72.8 Å². The van der Waals surface area contributed by atoms with E-state index in [0.29, 0.717) is 17.0 Å². The Morgan fingerprint density at radius 1 is 1.03 bits per heavy atom. The zero-order valence-electron chi connectivity index (χ0n) is 18.8. The summed E-state index contributed by atoms with van der Waals surface area (Å²) in [7, 11) is 0. The lowest BCUT2D eigenvalue weighted by Gasteiger charge is -2.35. The lowest BCUT2D eigenvalue weighted by atomic mass is 10.1. The van der Waals surface area contributed by atoms with Gasteiger partial charge in [-0.3, -0.25) is 9.69 Å². The zero-order valence-corrected chi connectivity index (χ0v) is 19.7. The van der Waals surface area contributed by atoms with Gasteiger partial charge in [-0.2, -0.15) is 0 Å². The minimum Gasteiger partial charge on any atom is -0.491 e. The first-order valence-electron chi connectivity index (χ1n) is 11.1. The van der Waals surface area contributed by atoms with Crippen molar-refractivity contribution in [2.45, 2.75) is 44.6 Å². The molecule has 1 amide bonds. The highest BCUT2D eigenvalue weighted by Gasteiger charge is 2.25. The molecule has 6 nitrogen and oxygen atoms in total. The van der Waals surface area contributed by atoms with Crippen LogP contribution in [0, 0.1) is 0 Å². The summed E-state index contributed by atoms with van der Waals surface area (Å²) >= 11 is 1.40. The third-order valence-electron chi connectivity index (χ3n) is 5.53. The Kier molecular flexibility index (Phi) is 9.45. The number of carbonyl (C=O) groups is 1. The van der Waals surface area contributed by atoms with Gasteiger partial charge in [0.2, 0.25) is 0 Å². The first-order chi connectivity index (χ1) is 15.9.